The molecule has 0 amide bonds. The second-order valence-electron chi connectivity index (χ2n) is 3.66. The molecule has 1 aromatic rings. The van der Waals surface area contributed by atoms with Gasteiger partial charge in [0.2, 0.25) is 0 Å². The van der Waals surface area contributed by atoms with Crippen molar-refractivity contribution >= 4 is 24.8 Å². The largest absolute Gasteiger partial charge is 0.379 e. The SMILES string of the molecule is CN(CCOCCN)Cc1cnn(C)c1.Cl.Cl. The highest BCUT2D eigenvalue weighted by Gasteiger charge is 2.01. The number of nitrogens with zero attached hydrogens (tertiary/aromatic N) is 3. The second-order valence-corrected chi connectivity index (χ2v) is 3.66. The van der Waals surface area contributed by atoms with Crippen molar-refractivity contribution in [2.75, 3.05) is 33.4 Å². The van der Waals surface area contributed by atoms with E-state index in [1.807, 2.05) is 24.1 Å². The molecule has 0 fully saturated rings. The summed E-state index contributed by atoms with van der Waals surface area (Å²) in [5, 5.41) is 4.12. The van der Waals surface area contributed by atoms with Crippen LogP contribution < -0.4 is 5.73 Å². The highest BCUT2D eigenvalue weighted by Crippen LogP contribution is 2.00. The van der Waals surface area contributed by atoms with Crippen LogP contribution in [0.5, 0.6) is 0 Å². The van der Waals surface area contributed by atoms with E-state index in [4.69, 9.17) is 10.5 Å². The first-order chi connectivity index (χ1) is 7.22. The Kier molecular flexibility index (Phi) is 12.1. The molecule has 5 nitrogen and oxygen atoms in total. The minimum Gasteiger partial charge on any atom is -0.379 e. The molecule has 17 heavy (non-hydrogen) atoms. The lowest BCUT2D eigenvalue weighted by Gasteiger charge is -2.15. The van der Waals surface area contributed by atoms with Gasteiger partial charge in [0.05, 0.1) is 19.4 Å². The molecule has 0 atom stereocenters. The highest BCUT2D eigenvalue weighted by atomic mass is 35.5. The molecule has 7 heteroatoms. The number of rotatable bonds is 7. The van der Waals surface area contributed by atoms with Crippen molar-refractivity contribution in [1.82, 2.24) is 14.7 Å². The van der Waals surface area contributed by atoms with E-state index in [1.54, 1.807) is 0 Å². The number of halogens is 2. The highest BCUT2D eigenvalue weighted by molar-refractivity contribution is 5.85. The van der Waals surface area contributed by atoms with Gasteiger partial charge < -0.3 is 10.5 Å². The van der Waals surface area contributed by atoms with Crippen LogP contribution in [-0.2, 0) is 18.3 Å². The van der Waals surface area contributed by atoms with Gasteiger partial charge in [-0.3, -0.25) is 9.58 Å². The quantitative estimate of drug-likeness (QED) is 0.748. The average Bonchev–Trinajstić information content (AvgIpc) is 2.59. The molecule has 0 spiro atoms. The Morgan fingerprint density at radius 1 is 1.41 bits per heavy atom. The third kappa shape index (κ3) is 8.40. The van der Waals surface area contributed by atoms with Gasteiger partial charge >= 0.3 is 0 Å². The van der Waals surface area contributed by atoms with Crippen molar-refractivity contribution < 1.29 is 4.74 Å². The van der Waals surface area contributed by atoms with E-state index in [2.05, 4.69) is 17.0 Å². The Hall–Kier alpha value is -0.330. The van der Waals surface area contributed by atoms with Crippen LogP contribution in [0.3, 0.4) is 0 Å². The number of hydrogen-bond acceptors (Lipinski definition) is 4. The lowest BCUT2D eigenvalue weighted by Crippen LogP contribution is -2.23. The molecule has 0 aromatic carbocycles. The van der Waals surface area contributed by atoms with Crippen LogP contribution in [0.25, 0.3) is 0 Å². The van der Waals surface area contributed by atoms with Gasteiger partial charge in [-0.1, -0.05) is 0 Å². The Balaban J connectivity index is 0. The summed E-state index contributed by atoms with van der Waals surface area (Å²) in [4.78, 5) is 2.20. The van der Waals surface area contributed by atoms with E-state index < -0.39 is 0 Å². The van der Waals surface area contributed by atoms with Crippen LogP contribution in [-0.4, -0.2) is 48.0 Å². The number of likely N-dealkylation sites (N-methyl/N-ethyl adjacent to an activating group) is 1. The van der Waals surface area contributed by atoms with E-state index in [0.29, 0.717) is 13.2 Å². The standard InChI is InChI=1S/C10H20N4O.2ClH/c1-13(4-6-15-5-3-11)8-10-7-12-14(2)9-10;;/h7,9H,3-6,8,11H2,1-2H3;2*1H. The molecule has 0 aliphatic rings. The molecule has 102 valence electrons. The minimum atomic E-state index is 0. The van der Waals surface area contributed by atoms with Gasteiger partial charge in [0, 0.05) is 38.4 Å². The molecule has 1 heterocycles. The van der Waals surface area contributed by atoms with Gasteiger partial charge in [-0.2, -0.15) is 5.10 Å². The van der Waals surface area contributed by atoms with Crippen molar-refractivity contribution in [2.45, 2.75) is 6.54 Å². The molecule has 2 N–H and O–H groups in total. The minimum absolute atomic E-state index is 0. The number of ether oxygens (including phenoxy) is 1. The van der Waals surface area contributed by atoms with Crippen molar-refractivity contribution in [2.24, 2.45) is 12.8 Å². The molecule has 0 saturated heterocycles. The fraction of sp³-hybridized carbons (Fsp3) is 0.700. The number of aromatic nitrogens is 2. The fourth-order valence-corrected chi connectivity index (χ4v) is 1.35. The second kappa shape index (κ2) is 10.8. The van der Waals surface area contributed by atoms with Gasteiger partial charge in [0.25, 0.3) is 0 Å². The number of aryl methyl sites for hydroxylation is 1. The summed E-state index contributed by atoms with van der Waals surface area (Å²) < 4.78 is 7.12. The molecule has 0 bridgehead atoms. The first kappa shape index (κ1) is 19.0. The van der Waals surface area contributed by atoms with Gasteiger partial charge in [0.15, 0.2) is 0 Å². The molecule has 0 unspecified atom stereocenters. The molecule has 1 aromatic heterocycles. The maximum absolute atomic E-state index is 5.32. The summed E-state index contributed by atoms with van der Waals surface area (Å²) in [6.45, 7) is 3.77. The Bertz CT molecular complexity index is 283. The lowest BCUT2D eigenvalue weighted by atomic mass is 10.3. The van der Waals surface area contributed by atoms with Crippen molar-refractivity contribution in [1.29, 1.82) is 0 Å². The summed E-state index contributed by atoms with van der Waals surface area (Å²) in [5.41, 5.74) is 6.54. The van der Waals surface area contributed by atoms with Crippen molar-refractivity contribution in [3.8, 4) is 0 Å². The Labute approximate surface area is 115 Å². The third-order valence-corrected chi connectivity index (χ3v) is 2.09. The summed E-state index contributed by atoms with van der Waals surface area (Å²) in [6.07, 6.45) is 3.91. The predicted molar refractivity (Wildman–Crippen MR) is 73.9 cm³/mol. The molecule has 0 aliphatic carbocycles. The van der Waals surface area contributed by atoms with Gasteiger partial charge in [-0.05, 0) is 7.05 Å². The summed E-state index contributed by atoms with van der Waals surface area (Å²) in [7, 11) is 3.99. The van der Waals surface area contributed by atoms with Crippen molar-refractivity contribution in [3.63, 3.8) is 0 Å². The van der Waals surface area contributed by atoms with E-state index in [1.165, 1.54) is 5.56 Å². The zero-order valence-corrected chi connectivity index (χ0v) is 12.0. The zero-order valence-electron chi connectivity index (χ0n) is 10.3. The third-order valence-electron chi connectivity index (χ3n) is 2.09. The zero-order chi connectivity index (χ0) is 11.1. The normalized spacial score (nSPS) is 9.88. The number of hydrogen-bond donors (Lipinski definition) is 1. The Morgan fingerprint density at radius 3 is 2.65 bits per heavy atom. The molecular weight excluding hydrogens is 263 g/mol. The Morgan fingerprint density at radius 2 is 2.12 bits per heavy atom. The topological polar surface area (TPSA) is 56.3 Å². The first-order valence-corrected chi connectivity index (χ1v) is 5.16. The summed E-state index contributed by atoms with van der Waals surface area (Å²) in [5.74, 6) is 0. The maximum Gasteiger partial charge on any atom is 0.0594 e. The van der Waals surface area contributed by atoms with Crippen LogP contribution in [0, 0.1) is 0 Å². The molecule has 0 aliphatic heterocycles. The van der Waals surface area contributed by atoms with Crippen LogP contribution >= 0.6 is 24.8 Å². The number of nitrogens with two attached hydrogens (primary N) is 1. The molecule has 0 radical (unpaired) electrons. The smallest absolute Gasteiger partial charge is 0.0594 e. The van der Waals surface area contributed by atoms with Crippen LogP contribution in [0.15, 0.2) is 12.4 Å². The fourth-order valence-electron chi connectivity index (χ4n) is 1.35. The maximum atomic E-state index is 5.32. The van der Waals surface area contributed by atoms with Crippen LogP contribution in [0.1, 0.15) is 5.56 Å². The van der Waals surface area contributed by atoms with Crippen molar-refractivity contribution in [3.05, 3.63) is 18.0 Å². The molecule has 1 rings (SSSR count). The summed E-state index contributed by atoms with van der Waals surface area (Å²) >= 11 is 0. The van der Waals surface area contributed by atoms with Crippen LogP contribution in [0.2, 0.25) is 0 Å². The monoisotopic (exact) mass is 284 g/mol. The van der Waals surface area contributed by atoms with E-state index in [9.17, 15) is 0 Å². The van der Waals surface area contributed by atoms with E-state index in [-0.39, 0.29) is 24.8 Å². The van der Waals surface area contributed by atoms with Crippen LogP contribution in [0.4, 0.5) is 0 Å². The lowest BCUT2D eigenvalue weighted by molar-refractivity contribution is 0.115. The van der Waals surface area contributed by atoms with E-state index in [0.717, 1.165) is 19.7 Å². The molecular formula is C10H22Cl2N4O. The predicted octanol–water partition coefficient (Wildman–Crippen LogP) is 0.671. The first-order valence-electron chi connectivity index (χ1n) is 5.16. The van der Waals surface area contributed by atoms with Gasteiger partial charge in [0.1, 0.15) is 0 Å². The summed E-state index contributed by atoms with van der Waals surface area (Å²) in [6, 6.07) is 0. The van der Waals surface area contributed by atoms with Gasteiger partial charge in [-0.15, -0.1) is 24.8 Å². The average molecular weight is 285 g/mol. The van der Waals surface area contributed by atoms with E-state index >= 15 is 0 Å². The molecule has 0 saturated carbocycles. The van der Waals surface area contributed by atoms with Gasteiger partial charge in [-0.25, -0.2) is 0 Å².